The molecule has 0 saturated carbocycles. The Kier molecular flexibility index (Phi) is 7.80. The molecule has 0 radical (unpaired) electrons. The highest BCUT2D eigenvalue weighted by atomic mass is 16.5. The fourth-order valence-corrected chi connectivity index (χ4v) is 3.81. The summed E-state index contributed by atoms with van der Waals surface area (Å²) in [6.07, 6.45) is 4.96. The summed E-state index contributed by atoms with van der Waals surface area (Å²) < 4.78 is 5.26. The predicted molar refractivity (Wildman–Crippen MR) is 115 cm³/mol. The molecule has 1 aromatic carbocycles. The molecule has 7 nitrogen and oxygen atoms in total. The van der Waals surface area contributed by atoms with Gasteiger partial charge in [0.05, 0.1) is 12.5 Å². The molecule has 0 saturated heterocycles. The zero-order valence-corrected chi connectivity index (χ0v) is 17.9. The van der Waals surface area contributed by atoms with Crippen LogP contribution in [0.2, 0.25) is 0 Å². The molecule has 2 rings (SSSR count). The summed E-state index contributed by atoms with van der Waals surface area (Å²) in [4.78, 5) is 39.6. The smallest absolute Gasteiger partial charge is 0.249 e. The first-order chi connectivity index (χ1) is 14.3. The molecule has 3 amide bonds. The van der Waals surface area contributed by atoms with E-state index in [1.807, 2.05) is 32.0 Å². The van der Waals surface area contributed by atoms with Crippen molar-refractivity contribution in [3.63, 3.8) is 0 Å². The minimum absolute atomic E-state index is 0.110. The summed E-state index contributed by atoms with van der Waals surface area (Å²) in [7, 11) is 1.56. The second-order valence-corrected chi connectivity index (χ2v) is 7.65. The van der Waals surface area contributed by atoms with Crippen molar-refractivity contribution in [2.24, 2.45) is 16.9 Å². The molecule has 162 valence electrons. The number of amides is 3. The van der Waals surface area contributed by atoms with Crippen LogP contribution < -0.4 is 16.2 Å². The number of nitrogens with zero attached hydrogens (tertiary/aromatic N) is 1. The van der Waals surface area contributed by atoms with Crippen molar-refractivity contribution in [2.75, 3.05) is 20.2 Å². The Morgan fingerprint density at radius 1 is 1.13 bits per heavy atom. The number of carbonyl (C=O) groups is 3. The molecule has 0 spiro atoms. The molecule has 1 aliphatic carbocycles. The van der Waals surface area contributed by atoms with Gasteiger partial charge in [0.25, 0.3) is 0 Å². The first kappa shape index (κ1) is 23.2. The number of carbonyl (C=O) groups excluding carboxylic acids is 3. The highest BCUT2D eigenvalue weighted by molar-refractivity contribution is 6.03. The van der Waals surface area contributed by atoms with Gasteiger partial charge in [-0.1, -0.05) is 32.1 Å². The molecule has 1 aliphatic rings. The van der Waals surface area contributed by atoms with Crippen molar-refractivity contribution in [3.8, 4) is 5.75 Å². The van der Waals surface area contributed by atoms with Gasteiger partial charge >= 0.3 is 0 Å². The Hall–Kier alpha value is -3.09. The zero-order valence-electron chi connectivity index (χ0n) is 17.9. The Bertz CT molecular complexity index is 869. The first-order valence-corrected chi connectivity index (χ1v) is 10.2. The number of rotatable bonds is 10. The van der Waals surface area contributed by atoms with E-state index in [4.69, 9.17) is 16.2 Å². The van der Waals surface area contributed by atoms with E-state index in [1.54, 1.807) is 18.1 Å². The second kappa shape index (κ2) is 10.1. The van der Waals surface area contributed by atoms with Gasteiger partial charge in [-0.25, -0.2) is 0 Å². The molecule has 0 bridgehead atoms. The highest BCUT2D eigenvalue weighted by Gasteiger charge is 2.41. The van der Waals surface area contributed by atoms with Crippen molar-refractivity contribution in [1.29, 1.82) is 0 Å². The number of benzene rings is 1. The lowest BCUT2D eigenvalue weighted by Gasteiger charge is -2.33. The molecule has 7 heteroatoms. The Morgan fingerprint density at radius 2 is 1.80 bits per heavy atom. The third-order valence-corrected chi connectivity index (χ3v) is 5.25. The summed E-state index contributed by atoms with van der Waals surface area (Å²) in [5.74, 6) is -0.860. The maximum absolute atomic E-state index is 13.2. The minimum Gasteiger partial charge on any atom is -0.497 e. The summed E-state index contributed by atoms with van der Waals surface area (Å²) in [5, 5.41) is 0. The molecule has 1 atom stereocenters. The van der Waals surface area contributed by atoms with Gasteiger partial charge in [-0.05, 0) is 49.5 Å². The van der Waals surface area contributed by atoms with Gasteiger partial charge in [-0.3, -0.25) is 14.4 Å². The average Bonchev–Trinajstić information content (AvgIpc) is 2.72. The monoisotopic (exact) mass is 413 g/mol. The fraction of sp³-hybridized carbons (Fsp3) is 0.435. The molecule has 0 aliphatic heterocycles. The minimum atomic E-state index is -1.24. The van der Waals surface area contributed by atoms with E-state index < -0.39 is 17.2 Å². The number of hydrogen-bond acceptors (Lipinski definition) is 4. The first-order valence-electron chi connectivity index (χ1n) is 10.2. The topological polar surface area (TPSA) is 116 Å². The van der Waals surface area contributed by atoms with Gasteiger partial charge < -0.3 is 21.1 Å². The van der Waals surface area contributed by atoms with Crippen LogP contribution >= 0.6 is 0 Å². The van der Waals surface area contributed by atoms with E-state index in [-0.39, 0.29) is 24.3 Å². The lowest BCUT2D eigenvalue weighted by atomic mass is 9.71. The van der Waals surface area contributed by atoms with Gasteiger partial charge in [-0.15, -0.1) is 0 Å². The molecule has 30 heavy (non-hydrogen) atoms. The van der Waals surface area contributed by atoms with E-state index in [0.717, 1.165) is 18.4 Å². The third-order valence-electron chi connectivity index (χ3n) is 5.25. The van der Waals surface area contributed by atoms with Crippen molar-refractivity contribution < 1.29 is 19.1 Å². The van der Waals surface area contributed by atoms with E-state index in [1.165, 1.54) is 12.2 Å². The van der Waals surface area contributed by atoms with E-state index in [9.17, 15) is 14.4 Å². The van der Waals surface area contributed by atoms with Crippen LogP contribution in [-0.4, -0.2) is 42.8 Å². The summed E-state index contributed by atoms with van der Waals surface area (Å²) in [6.45, 7) is 5.19. The van der Waals surface area contributed by atoms with Crippen LogP contribution in [0.4, 0.5) is 0 Å². The van der Waals surface area contributed by atoms with Crippen LogP contribution in [0.1, 0.15) is 38.7 Å². The SMILES string of the molecule is CCCN(CCC)C(=O)C1=CC(C(N)=O)=CC(Cc2cccc(OC)c2)(C(N)=O)C1. The molecule has 1 aromatic rings. The standard InChI is InChI=1S/C23H31N3O4/c1-4-9-26(10-5-2)21(28)18-12-17(20(24)27)14-23(15-18,22(25)29)13-16-7-6-8-19(11-16)30-3/h6-8,11-12,14H,4-5,9-10,13,15H2,1-3H3,(H2,24,27)(H2,25,29). The number of ether oxygens (including phenoxy) is 1. The molecule has 0 aromatic heterocycles. The van der Waals surface area contributed by atoms with Gasteiger partial charge in [0, 0.05) is 24.2 Å². The quantitative estimate of drug-likeness (QED) is 0.611. The van der Waals surface area contributed by atoms with Crippen LogP contribution in [0.5, 0.6) is 5.75 Å². The fourth-order valence-electron chi connectivity index (χ4n) is 3.81. The number of nitrogens with two attached hydrogens (primary N) is 2. The Balaban J connectivity index is 2.48. The maximum Gasteiger partial charge on any atom is 0.249 e. The van der Waals surface area contributed by atoms with Crippen LogP contribution in [0.25, 0.3) is 0 Å². The molecule has 0 fully saturated rings. The largest absolute Gasteiger partial charge is 0.497 e. The van der Waals surface area contributed by atoms with Crippen molar-refractivity contribution >= 4 is 17.7 Å². The lowest BCUT2D eigenvalue weighted by molar-refractivity contribution is -0.128. The van der Waals surface area contributed by atoms with Crippen LogP contribution in [-0.2, 0) is 20.8 Å². The van der Waals surface area contributed by atoms with Crippen molar-refractivity contribution in [3.05, 3.63) is 53.1 Å². The van der Waals surface area contributed by atoms with Gasteiger partial charge in [0.15, 0.2) is 0 Å². The average molecular weight is 414 g/mol. The Morgan fingerprint density at radius 3 is 2.33 bits per heavy atom. The summed E-state index contributed by atoms with van der Waals surface area (Å²) in [6, 6.07) is 7.28. The van der Waals surface area contributed by atoms with Crippen LogP contribution in [0.3, 0.4) is 0 Å². The summed E-state index contributed by atoms with van der Waals surface area (Å²) in [5.41, 5.74) is 11.4. The van der Waals surface area contributed by atoms with Crippen molar-refractivity contribution in [1.82, 2.24) is 4.90 Å². The van der Waals surface area contributed by atoms with Crippen LogP contribution in [0.15, 0.2) is 47.6 Å². The Labute approximate surface area is 177 Å². The van der Waals surface area contributed by atoms with Gasteiger partial charge in [-0.2, -0.15) is 0 Å². The molecular formula is C23H31N3O4. The van der Waals surface area contributed by atoms with Gasteiger partial charge in [0.1, 0.15) is 5.75 Å². The molecular weight excluding hydrogens is 382 g/mol. The van der Waals surface area contributed by atoms with Gasteiger partial charge in [0.2, 0.25) is 17.7 Å². The second-order valence-electron chi connectivity index (χ2n) is 7.65. The summed E-state index contributed by atoms with van der Waals surface area (Å²) >= 11 is 0. The number of hydrogen-bond donors (Lipinski definition) is 2. The lowest BCUT2D eigenvalue weighted by Crippen LogP contribution is -2.43. The molecule has 0 heterocycles. The van der Waals surface area contributed by atoms with Crippen LogP contribution in [0, 0.1) is 5.41 Å². The van der Waals surface area contributed by atoms with E-state index >= 15 is 0 Å². The maximum atomic E-state index is 13.2. The molecule has 1 unspecified atom stereocenters. The highest BCUT2D eigenvalue weighted by Crippen LogP contribution is 2.38. The number of methoxy groups -OCH3 is 1. The number of primary amides is 2. The van der Waals surface area contributed by atoms with Crippen molar-refractivity contribution in [2.45, 2.75) is 39.5 Å². The predicted octanol–water partition coefficient (Wildman–Crippen LogP) is 2.10. The third kappa shape index (κ3) is 5.28. The molecule has 4 N–H and O–H groups in total. The normalized spacial score (nSPS) is 18.2. The van der Waals surface area contributed by atoms with E-state index in [0.29, 0.717) is 24.4 Å². The zero-order chi connectivity index (χ0) is 22.3. The van der Waals surface area contributed by atoms with E-state index in [2.05, 4.69) is 0 Å².